The third-order valence-electron chi connectivity index (χ3n) is 12.7. The van der Waals surface area contributed by atoms with Gasteiger partial charge in [-0.25, -0.2) is 0 Å². The van der Waals surface area contributed by atoms with Gasteiger partial charge in [0.15, 0.2) is 6.10 Å². The lowest BCUT2D eigenvalue weighted by atomic mass is 10.1. The molecule has 0 aromatic carbocycles. The van der Waals surface area contributed by atoms with Gasteiger partial charge in [-0.3, -0.25) is 14.4 Å². The van der Waals surface area contributed by atoms with Crippen molar-refractivity contribution in [1.82, 2.24) is 0 Å². The molecular formula is C67H112O6. The van der Waals surface area contributed by atoms with E-state index in [1.54, 1.807) is 0 Å². The first-order valence-corrected chi connectivity index (χ1v) is 30.4. The van der Waals surface area contributed by atoms with Crippen LogP contribution >= 0.6 is 0 Å². The first-order valence-electron chi connectivity index (χ1n) is 30.4. The zero-order chi connectivity index (χ0) is 52.9. The third-order valence-corrected chi connectivity index (χ3v) is 12.7. The van der Waals surface area contributed by atoms with Gasteiger partial charge >= 0.3 is 17.9 Å². The predicted molar refractivity (Wildman–Crippen MR) is 316 cm³/mol. The zero-order valence-electron chi connectivity index (χ0n) is 47.6. The Morgan fingerprint density at radius 1 is 0.288 bits per heavy atom. The molecule has 1 atom stereocenters. The summed E-state index contributed by atoms with van der Waals surface area (Å²) in [6.45, 7) is 6.44. The Hall–Kier alpha value is -3.93. The van der Waals surface area contributed by atoms with E-state index in [1.807, 2.05) is 0 Å². The molecule has 6 nitrogen and oxygen atoms in total. The molecule has 0 spiro atoms. The van der Waals surface area contributed by atoms with Crippen molar-refractivity contribution in [3.8, 4) is 0 Å². The molecule has 416 valence electrons. The summed E-state index contributed by atoms with van der Waals surface area (Å²) in [6.07, 6.45) is 82.3. The van der Waals surface area contributed by atoms with E-state index in [0.717, 1.165) is 135 Å². The number of allylic oxidation sites excluding steroid dienone is 18. The molecule has 0 saturated heterocycles. The minimum absolute atomic E-state index is 0.0902. The van der Waals surface area contributed by atoms with Crippen molar-refractivity contribution < 1.29 is 28.6 Å². The molecule has 1 unspecified atom stereocenters. The predicted octanol–water partition coefficient (Wildman–Crippen LogP) is 20.7. The summed E-state index contributed by atoms with van der Waals surface area (Å²) in [7, 11) is 0. The highest BCUT2D eigenvalue weighted by Gasteiger charge is 2.19. The van der Waals surface area contributed by atoms with Crippen molar-refractivity contribution in [3.63, 3.8) is 0 Å². The number of ether oxygens (including phenoxy) is 3. The van der Waals surface area contributed by atoms with Crippen LogP contribution in [0.4, 0.5) is 0 Å². The van der Waals surface area contributed by atoms with E-state index in [9.17, 15) is 14.4 Å². The van der Waals surface area contributed by atoms with E-state index >= 15 is 0 Å². The molecule has 0 aliphatic rings. The second-order valence-corrected chi connectivity index (χ2v) is 19.9. The maximum atomic E-state index is 12.9. The van der Waals surface area contributed by atoms with Gasteiger partial charge in [-0.15, -0.1) is 0 Å². The fraction of sp³-hybridized carbons (Fsp3) is 0.687. The smallest absolute Gasteiger partial charge is 0.306 e. The second kappa shape index (κ2) is 60.6. The molecule has 0 fully saturated rings. The number of carbonyl (C=O) groups is 3. The molecule has 0 aromatic rings. The van der Waals surface area contributed by atoms with Crippen LogP contribution in [0.2, 0.25) is 0 Å². The van der Waals surface area contributed by atoms with Crippen LogP contribution in [0.25, 0.3) is 0 Å². The second-order valence-electron chi connectivity index (χ2n) is 19.9. The van der Waals surface area contributed by atoms with E-state index in [0.29, 0.717) is 19.3 Å². The lowest BCUT2D eigenvalue weighted by Gasteiger charge is -2.18. The normalized spacial score (nSPS) is 12.9. The summed E-state index contributed by atoms with van der Waals surface area (Å²) in [5, 5.41) is 0. The van der Waals surface area contributed by atoms with Crippen molar-refractivity contribution >= 4 is 17.9 Å². The van der Waals surface area contributed by atoms with Crippen molar-refractivity contribution in [2.24, 2.45) is 0 Å². The molecule has 0 aromatic heterocycles. The van der Waals surface area contributed by atoms with Gasteiger partial charge < -0.3 is 14.2 Å². The lowest BCUT2D eigenvalue weighted by molar-refractivity contribution is -0.167. The molecule has 0 aliphatic heterocycles. The molecular weight excluding hydrogens is 901 g/mol. The molecule has 0 bridgehead atoms. The molecule has 0 radical (unpaired) electrons. The number of rotatable bonds is 54. The first kappa shape index (κ1) is 69.1. The molecule has 0 rings (SSSR count). The molecule has 0 saturated carbocycles. The molecule has 0 amide bonds. The molecule has 0 heterocycles. The van der Waals surface area contributed by atoms with Gasteiger partial charge in [0.2, 0.25) is 0 Å². The highest BCUT2D eigenvalue weighted by Crippen LogP contribution is 2.15. The first-order chi connectivity index (χ1) is 36.0. The average Bonchev–Trinajstić information content (AvgIpc) is 3.39. The quantitative estimate of drug-likeness (QED) is 0.0261. The van der Waals surface area contributed by atoms with Gasteiger partial charge in [-0.1, -0.05) is 246 Å². The van der Waals surface area contributed by atoms with E-state index in [2.05, 4.69) is 130 Å². The summed E-state index contributed by atoms with van der Waals surface area (Å²) >= 11 is 0. The van der Waals surface area contributed by atoms with Crippen molar-refractivity contribution in [2.45, 2.75) is 284 Å². The number of unbranched alkanes of at least 4 members (excludes halogenated alkanes) is 25. The molecule has 0 aliphatic carbocycles. The highest BCUT2D eigenvalue weighted by atomic mass is 16.6. The Labute approximate surface area is 450 Å². The van der Waals surface area contributed by atoms with Crippen LogP contribution in [0, 0.1) is 0 Å². The minimum Gasteiger partial charge on any atom is -0.462 e. The van der Waals surface area contributed by atoms with Crippen molar-refractivity contribution in [3.05, 3.63) is 109 Å². The maximum absolute atomic E-state index is 12.9. The van der Waals surface area contributed by atoms with Crippen LogP contribution in [0.5, 0.6) is 0 Å². The maximum Gasteiger partial charge on any atom is 0.306 e. The van der Waals surface area contributed by atoms with Gasteiger partial charge in [0.1, 0.15) is 13.2 Å². The van der Waals surface area contributed by atoms with Crippen molar-refractivity contribution in [2.75, 3.05) is 13.2 Å². The van der Waals surface area contributed by atoms with Crippen LogP contribution in [0.3, 0.4) is 0 Å². The Bertz CT molecular complexity index is 1490. The topological polar surface area (TPSA) is 78.9 Å². The third kappa shape index (κ3) is 58.8. The van der Waals surface area contributed by atoms with E-state index in [4.69, 9.17) is 14.2 Å². The molecule has 73 heavy (non-hydrogen) atoms. The fourth-order valence-electron chi connectivity index (χ4n) is 8.16. The van der Waals surface area contributed by atoms with E-state index < -0.39 is 6.10 Å². The number of hydrogen-bond acceptors (Lipinski definition) is 6. The Morgan fingerprint density at radius 2 is 0.548 bits per heavy atom. The van der Waals surface area contributed by atoms with E-state index in [1.165, 1.54) is 103 Å². The monoisotopic (exact) mass is 1010 g/mol. The Morgan fingerprint density at radius 3 is 0.890 bits per heavy atom. The van der Waals surface area contributed by atoms with Crippen LogP contribution in [0.1, 0.15) is 278 Å². The summed E-state index contributed by atoms with van der Waals surface area (Å²) < 4.78 is 16.9. The van der Waals surface area contributed by atoms with Gasteiger partial charge in [0.25, 0.3) is 0 Å². The highest BCUT2D eigenvalue weighted by molar-refractivity contribution is 5.71. The Kier molecular flexibility index (Phi) is 57.4. The van der Waals surface area contributed by atoms with Crippen LogP contribution in [0.15, 0.2) is 109 Å². The summed E-state index contributed by atoms with van der Waals surface area (Å²) in [6, 6.07) is 0. The zero-order valence-corrected chi connectivity index (χ0v) is 47.6. The lowest BCUT2D eigenvalue weighted by Crippen LogP contribution is -2.30. The fourth-order valence-corrected chi connectivity index (χ4v) is 8.16. The van der Waals surface area contributed by atoms with Gasteiger partial charge in [0, 0.05) is 19.3 Å². The number of hydrogen-bond donors (Lipinski definition) is 0. The van der Waals surface area contributed by atoms with E-state index in [-0.39, 0.29) is 31.1 Å². The number of carbonyl (C=O) groups excluding carboxylic acids is 3. The van der Waals surface area contributed by atoms with Gasteiger partial charge in [0.05, 0.1) is 0 Å². The van der Waals surface area contributed by atoms with Crippen LogP contribution in [-0.2, 0) is 28.6 Å². The SMILES string of the molecule is CC/C=C\C/C=C\C/C=C\C/C=C\C/C=C\CCCCCCCCCCCC(=O)OCC(COC(=O)CCCCCCC/C=C\CCCC)OC(=O)CCCCCCCC/C=C\C/C=C\C/C=C\CCCCC. The molecule has 6 heteroatoms. The summed E-state index contributed by atoms with van der Waals surface area (Å²) in [4.78, 5) is 38.2. The average molecular weight is 1010 g/mol. The van der Waals surface area contributed by atoms with Crippen molar-refractivity contribution in [1.29, 1.82) is 0 Å². The minimum atomic E-state index is -0.793. The largest absolute Gasteiger partial charge is 0.462 e. The summed E-state index contributed by atoms with van der Waals surface area (Å²) in [5.74, 6) is -0.915. The van der Waals surface area contributed by atoms with Gasteiger partial charge in [-0.05, 0) is 122 Å². The van der Waals surface area contributed by atoms with Gasteiger partial charge in [-0.2, -0.15) is 0 Å². The summed E-state index contributed by atoms with van der Waals surface area (Å²) in [5.41, 5.74) is 0. The molecule has 0 N–H and O–H groups in total. The van der Waals surface area contributed by atoms with Crippen LogP contribution < -0.4 is 0 Å². The standard InChI is InChI=1S/C67H112O6/c1-4-7-10-13-16-19-22-24-26-28-30-31-32-33-34-35-37-38-40-42-45-48-51-54-57-60-66(69)72-63-64(62-71-65(68)59-56-53-50-47-44-21-18-15-12-9-6-3)73-67(70)61-58-55-52-49-46-43-41-39-36-29-27-25-23-20-17-14-11-8-5-2/h7,10,15-20,24-27,30-31,33-34,36,39,64H,4-6,8-9,11-14,21-23,28-29,32,35,37-38,40-63H2,1-3H3/b10-7-,18-15-,19-16-,20-17-,26-24-,27-25-,31-30-,34-33-,39-36-. The Balaban J connectivity index is 4.34. The number of esters is 3. The van der Waals surface area contributed by atoms with Crippen LogP contribution in [-0.4, -0.2) is 37.2 Å².